The topological polar surface area (TPSA) is 15.3 Å². The molecule has 0 bridgehead atoms. The maximum absolute atomic E-state index is 3.72. The molecule has 0 aromatic carbocycles. The van der Waals surface area contributed by atoms with E-state index >= 15 is 0 Å². The van der Waals surface area contributed by atoms with E-state index in [1.54, 1.807) is 0 Å². The van der Waals surface area contributed by atoms with E-state index in [9.17, 15) is 0 Å². The van der Waals surface area contributed by atoms with E-state index < -0.39 is 0 Å². The SMILES string of the molecule is C1CCC(CNCC2CCCCC2)CC1.CN(C1CCCCC1)C1CCCCC1. The predicted molar refractivity (Wildman–Crippen MR) is 128 cm³/mol. The Bertz CT molecular complexity index is 349. The lowest BCUT2D eigenvalue weighted by Gasteiger charge is -2.39. The second kappa shape index (κ2) is 14.1. The van der Waals surface area contributed by atoms with Gasteiger partial charge in [0.25, 0.3) is 0 Å². The van der Waals surface area contributed by atoms with E-state index in [0.717, 1.165) is 23.9 Å². The van der Waals surface area contributed by atoms with E-state index in [4.69, 9.17) is 0 Å². The van der Waals surface area contributed by atoms with Gasteiger partial charge in [-0.05, 0) is 83.3 Å². The standard InChI is InChI=1S/C14H27N.C13H25N/c1-3-7-13(8-4-1)11-15-12-14-9-5-2-6-10-14;1-14(12-8-4-2-5-9-12)13-10-6-3-7-11-13/h13-15H,1-12H2;12-13H,2-11H2,1H3. The van der Waals surface area contributed by atoms with Gasteiger partial charge in [-0.25, -0.2) is 0 Å². The quantitative estimate of drug-likeness (QED) is 0.499. The molecule has 0 atom stereocenters. The van der Waals surface area contributed by atoms with Crippen LogP contribution in [0.25, 0.3) is 0 Å². The molecule has 4 rings (SSSR count). The molecular weight excluding hydrogens is 352 g/mol. The highest BCUT2D eigenvalue weighted by Gasteiger charge is 2.25. The molecule has 0 unspecified atom stereocenters. The van der Waals surface area contributed by atoms with Crippen molar-refractivity contribution in [3.05, 3.63) is 0 Å². The largest absolute Gasteiger partial charge is 0.316 e. The van der Waals surface area contributed by atoms with Crippen LogP contribution < -0.4 is 5.32 Å². The number of hydrogen-bond acceptors (Lipinski definition) is 2. The molecule has 2 heteroatoms. The van der Waals surface area contributed by atoms with Gasteiger partial charge in [-0.2, -0.15) is 0 Å². The van der Waals surface area contributed by atoms with Crippen molar-refractivity contribution >= 4 is 0 Å². The molecule has 4 aliphatic rings. The fraction of sp³-hybridized carbons (Fsp3) is 1.00. The molecule has 0 radical (unpaired) electrons. The lowest BCUT2D eigenvalue weighted by molar-refractivity contribution is 0.111. The molecule has 0 aliphatic heterocycles. The normalized spacial score (nSPS) is 26.3. The molecule has 4 fully saturated rings. The first-order valence-corrected chi connectivity index (χ1v) is 13.8. The maximum Gasteiger partial charge on any atom is 0.00951 e. The van der Waals surface area contributed by atoms with Crippen LogP contribution in [0.5, 0.6) is 0 Å². The molecule has 0 aromatic heterocycles. The van der Waals surface area contributed by atoms with Gasteiger partial charge in [-0.1, -0.05) is 77.0 Å². The molecule has 1 N–H and O–H groups in total. The molecule has 0 amide bonds. The van der Waals surface area contributed by atoms with Crippen LogP contribution in [0, 0.1) is 11.8 Å². The van der Waals surface area contributed by atoms with Gasteiger partial charge in [0, 0.05) is 12.1 Å². The van der Waals surface area contributed by atoms with Crippen molar-refractivity contribution in [1.29, 1.82) is 0 Å². The van der Waals surface area contributed by atoms with Gasteiger partial charge < -0.3 is 10.2 Å². The van der Waals surface area contributed by atoms with Crippen LogP contribution in [-0.4, -0.2) is 37.1 Å². The Hall–Kier alpha value is -0.0800. The monoisotopic (exact) mass is 404 g/mol. The first-order valence-electron chi connectivity index (χ1n) is 13.8. The summed E-state index contributed by atoms with van der Waals surface area (Å²) in [5.41, 5.74) is 0. The minimum Gasteiger partial charge on any atom is -0.316 e. The molecule has 2 nitrogen and oxygen atoms in total. The van der Waals surface area contributed by atoms with Crippen LogP contribution in [0.4, 0.5) is 0 Å². The molecule has 0 spiro atoms. The zero-order valence-corrected chi connectivity index (χ0v) is 19.8. The zero-order valence-electron chi connectivity index (χ0n) is 19.8. The molecule has 170 valence electrons. The summed E-state index contributed by atoms with van der Waals surface area (Å²) >= 11 is 0. The third-order valence-electron chi connectivity index (χ3n) is 8.62. The fourth-order valence-electron chi connectivity index (χ4n) is 6.55. The molecule has 4 aliphatic carbocycles. The minimum atomic E-state index is 0.923. The van der Waals surface area contributed by atoms with E-state index in [-0.39, 0.29) is 0 Å². The van der Waals surface area contributed by atoms with Crippen LogP contribution in [0.15, 0.2) is 0 Å². The second-order valence-electron chi connectivity index (χ2n) is 10.9. The Balaban J connectivity index is 0.000000166. The Morgan fingerprint density at radius 3 is 1.14 bits per heavy atom. The number of nitrogens with zero attached hydrogens (tertiary/aromatic N) is 1. The van der Waals surface area contributed by atoms with Crippen LogP contribution in [0.1, 0.15) is 128 Å². The summed E-state index contributed by atoms with van der Waals surface area (Å²) in [7, 11) is 2.38. The maximum atomic E-state index is 3.72. The van der Waals surface area contributed by atoms with Gasteiger partial charge in [-0.15, -0.1) is 0 Å². The second-order valence-corrected chi connectivity index (χ2v) is 10.9. The third-order valence-corrected chi connectivity index (χ3v) is 8.62. The van der Waals surface area contributed by atoms with E-state index in [1.807, 2.05) is 0 Å². The van der Waals surface area contributed by atoms with Crippen LogP contribution in [0.2, 0.25) is 0 Å². The summed E-state index contributed by atoms with van der Waals surface area (Å²) in [6, 6.07) is 1.85. The van der Waals surface area contributed by atoms with E-state index in [2.05, 4.69) is 17.3 Å². The molecule has 0 aromatic rings. The Morgan fingerprint density at radius 1 is 0.483 bits per heavy atom. The third kappa shape index (κ3) is 8.90. The Labute approximate surface area is 183 Å². The van der Waals surface area contributed by atoms with Gasteiger partial charge in [-0.3, -0.25) is 0 Å². The average molecular weight is 405 g/mol. The molecule has 4 saturated carbocycles. The van der Waals surface area contributed by atoms with Crippen molar-refractivity contribution in [1.82, 2.24) is 10.2 Å². The smallest absolute Gasteiger partial charge is 0.00951 e. The first-order chi connectivity index (χ1) is 14.3. The van der Waals surface area contributed by atoms with Crippen LogP contribution >= 0.6 is 0 Å². The van der Waals surface area contributed by atoms with Crippen molar-refractivity contribution in [3.63, 3.8) is 0 Å². The van der Waals surface area contributed by atoms with E-state index in [1.165, 1.54) is 142 Å². The van der Waals surface area contributed by atoms with Crippen LogP contribution in [0.3, 0.4) is 0 Å². The summed E-state index contributed by atoms with van der Waals surface area (Å²) in [6.07, 6.45) is 29.6. The summed E-state index contributed by atoms with van der Waals surface area (Å²) in [4.78, 5) is 2.72. The fourth-order valence-corrected chi connectivity index (χ4v) is 6.55. The van der Waals surface area contributed by atoms with Crippen molar-refractivity contribution in [2.45, 2.75) is 141 Å². The van der Waals surface area contributed by atoms with E-state index in [0.29, 0.717) is 0 Å². The Morgan fingerprint density at radius 2 is 0.793 bits per heavy atom. The van der Waals surface area contributed by atoms with Gasteiger partial charge in [0.05, 0.1) is 0 Å². The highest BCUT2D eigenvalue weighted by molar-refractivity contribution is 4.81. The minimum absolute atomic E-state index is 0.923. The lowest BCUT2D eigenvalue weighted by Crippen LogP contribution is -2.42. The average Bonchev–Trinajstić information content (AvgIpc) is 2.82. The predicted octanol–water partition coefficient (Wildman–Crippen LogP) is 7.32. The summed E-state index contributed by atoms with van der Waals surface area (Å²) < 4.78 is 0. The number of nitrogens with one attached hydrogen (secondary N) is 1. The Kier molecular flexibility index (Phi) is 11.4. The van der Waals surface area contributed by atoms with Crippen molar-refractivity contribution in [3.8, 4) is 0 Å². The zero-order chi connectivity index (χ0) is 20.2. The number of hydrogen-bond donors (Lipinski definition) is 1. The van der Waals surface area contributed by atoms with Gasteiger partial charge in [0.1, 0.15) is 0 Å². The summed E-state index contributed by atoms with van der Waals surface area (Å²) in [5.74, 6) is 2.00. The van der Waals surface area contributed by atoms with Gasteiger partial charge in [0.2, 0.25) is 0 Å². The van der Waals surface area contributed by atoms with Crippen LogP contribution in [-0.2, 0) is 0 Å². The summed E-state index contributed by atoms with van der Waals surface area (Å²) in [6.45, 7) is 2.60. The number of rotatable bonds is 6. The molecular formula is C27H52N2. The molecule has 0 heterocycles. The van der Waals surface area contributed by atoms with Crippen molar-refractivity contribution < 1.29 is 0 Å². The van der Waals surface area contributed by atoms with Gasteiger partial charge >= 0.3 is 0 Å². The van der Waals surface area contributed by atoms with Crippen molar-refractivity contribution in [2.75, 3.05) is 20.1 Å². The highest BCUT2D eigenvalue weighted by Crippen LogP contribution is 2.28. The lowest BCUT2D eigenvalue weighted by atomic mass is 9.87. The highest BCUT2D eigenvalue weighted by atomic mass is 15.2. The van der Waals surface area contributed by atoms with Gasteiger partial charge in [0.15, 0.2) is 0 Å². The first kappa shape index (κ1) is 23.6. The van der Waals surface area contributed by atoms with Crippen molar-refractivity contribution in [2.24, 2.45) is 11.8 Å². The molecule has 29 heavy (non-hydrogen) atoms. The molecule has 0 saturated heterocycles. The summed E-state index contributed by atoms with van der Waals surface area (Å²) in [5, 5.41) is 3.72.